The molecule has 1 atom stereocenters. The molecule has 1 heterocycles. The topological polar surface area (TPSA) is 17.8 Å². The second kappa shape index (κ2) is 3.29. The lowest BCUT2D eigenvalue weighted by atomic mass is 10.1. The van der Waals surface area contributed by atoms with Gasteiger partial charge in [-0.05, 0) is 17.9 Å². The Morgan fingerprint density at radius 1 is 1.60 bits per heavy atom. The monoisotopic (exact) mass is 214 g/mol. The lowest BCUT2D eigenvalue weighted by Crippen LogP contribution is -2.23. The summed E-state index contributed by atoms with van der Waals surface area (Å²) in [5.41, 5.74) is 0.858. The van der Waals surface area contributed by atoms with Crippen molar-refractivity contribution in [2.45, 2.75) is 39.7 Å². The van der Waals surface area contributed by atoms with E-state index in [1.165, 1.54) is 4.68 Å². The van der Waals surface area contributed by atoms with Crippen molar-refractivity contribution in [1.29, 1.82) is 0 Å². The van der Waals surface area contributed by atoms with Crippen molar-refractivity contribution in [2.75, 3.05) is 0 Å². The first-order valence-electron chi connectivity index (χ1n) is 5.36. The van der Waals surface area contributed by atoms with Crippen LogP contribution in [0.1, 0.15) is 32.0 Å². The van der Waals surface area contributed by atoms with Crippen LogP contribution in [0.15, 0.2) is 6.20 Å². The van der Waals surface area contributed by atoms with Crippen LogP contribution in [0.25, 0.3) is 0 Å². The molecule has 84 valence electrons. The third-order valence-electron chi connectivity index (χ3n) is 2.91. The third kappa shape index (κ3) is 1.56. The van der Waals surface area contributed by atoms with Crippen molar-refractivity contribution >= 4 is 0 Å². The van der Waals surface area contributed by atoms with Crippen LogP contribution >= 0.6 is 0 Å². The van der Waals surface area contributed by atoms with Crippen molar-refractivity contribution < 1.29 is 8.78 Å². The van der Waals surface area contributed by atoms with E-state index in [4.69, 9.17) is 0 Å². The molecule has 0 bridgehead atoms. The summed E-state index contributed by atoms with van der Waals surface area (Å²) in [6, 6.07) is 0. The van der Waals surface area contributed by atoms with Crippen molar-refractivity contribution in [3.8, 4) is 0 Å². The Morgan fingerprint density at radius 2 is 2.27 bits per heavy atom. The first kappa shape index (κ1) is 10.6. The van der Waals surface area contributed by atoms with Gasteiger partial charge in [-0.3, -0.25) is 4.68 Å². The maximum absolute atomic E-state index is 13.8. The minimum atomic E-state index is -2.71. The summed E-state index contributed by atoms with van der Waals surface area (Å²) in [5, 5.41) is 4.04. The molecule has 0 saturated carbocycles. The molecule has 1 aliphatic rings. The average Bonchev–Trinajstić information content (AvgIpc) is 2.55. The number of halogens is 2. The van der Waals surface area contributed by atoms with Gasteiger partial charge in [0.25, 0.3) is 5.92 Å². The van der Waals surface area contributed by atoms with Gasteiger partial charge in [0, 0.05) is 12.5 Å². The van der Waals surface area contributed by atoms with E-state index in [2.05, 4.69) is 5.10 Å². The van der Waals surface area contributed by atoms with E-state index in [1.807, 2.05) is 13.8 Å². The predicted octanol–water partition coefficient (Wildman–Crippen LogP) is 2.82. The maximum Gasteiger partial charge on any atom is 0.292 e. The second-order valence-electron chi connectivity index (χ2n) is 4.82. The number of alkyl halides is 2. The number of fused-ring (bicyclic) bond motifs is 1. The summed E-state index contributed by atoms with van der Waals surface area (Å²) in [6.45, 7) is 6.17. The van der Waals surface area contributed by atoms with Gasteiger partial charge in [-0.1, -0.05) is 20.8 Å². The molecule has 0 aliphatic heterocycles. The highest BCUT2D eigenvalue weighted by atomic mass is 19.3. The molecular weight excluding hydrogens is 198 g/mol. The summed E-state index contributed by atoms with van der Waals surface area (Å²) < 4.78 is 29.1. The first-order chi connectivity index (χ1) is 6.93. The maximum atomic E-state index is 13.8. The van der Waals surface area contributed by atoms with Gasteiger partial charge in [-0.25, -0.2) is 0 Å². The molecule has 0 unspecified atom stereocenters. The SMILES string of the molecule is CC(C)Cn1ncc2c1C(F)(F)[C@H](C)C2. The zero-order valence-corrected chi connectivity index (χ0v) is 9.30. The zero-order valence-electron chi connectivity index (χ0n) is 9.30. The van der Waals surface area contributed by atoms with E-state index in [-0.39, 0.29) is 5.69 Å². The molecule has 4 heteroatoms. The summed E-state index contributed by atoms with van der Waals surface area (Å²) in [5.74, 6) is -2.97. The fraction of sp³-hybridized carbons (Fsp3) is 0.727. The molecule has 0 amide bonds. The van der Waals surface area contributed by atoms with E-state index in [9.17, 15) is 8.78 Å². The number of nitrogens with zero attached hydrogens (tertiary/aromatic N) is 2. The van der Waals surface area contributed by atoms with Crippen LogP contribution in [0.2, 0.25) is 0 Å². The molecule has 2 nitrogen and oxygen atoms in total. The number of hydrogen-bond acceptors (Lipinski definition) is 1. The highest BCUT2D eigenvalue weighted by molar-refractivity contribution is 5.29. The molecule has 2 rings (SSSR count). The smallest absolute Gasteiger partial charge is 0.263 e. The van der Waals surface area contributed by atoms with E-state index in [0.717, 1.165) is 0 Å². The third-order valence-corrected chi connectivity index (χ3v) is 2.91. The average molecular weight is 214 g/mol. The summed E-state index contributed by atoms with van der Waals surface area (Å²) in [4.78, 5) is 0. The molecule has 0 spiro atoms. The molecule has 0 fully saturated rings. The van der Waals surface area contributed by atoms with Gasteiger partial charge >= 0.3 is 0 Å². The summed E-state index contributed by atoms with van der Waals surface area (Å²) in [7, 11) is 0. The lowest BCUT2D eigenvalue weighted by Gasteiger charge is -2.18. The molecule has 15 heavy (non-hydrogen) atoms. The highest BCUT2D eigenvalue weighted by Gasteiger charge is 2.49. The van der Waals surface area contributed by atoms with Gasteiger partial charge in [0.05, 0.1) is 6.20 Å². The first-order valence-corrected chi connectivity index (χ1v) is 5.36. The Balaban J connectivity index is 2.39. The summed E-state index contributed by atoms with van der Waals surface area (Å²) in [6.07, 6.45) is 2.04. The molecular formula is C11H16F2N2. The Kier molecular flexibility index (Phi) is 2.32. The fourth-order valence-electron chi connectivity index (χ4n) is 2.14. The standard InChI is InChI=1S/C11H16F2N2/c1-7(2)6-15-10-9(5-14-15)4-8(3)11(10,12)13/h5,7-8H,4,6H2,1-3H3/t8-/m1/s1. The Bertz CT molecular complexity index is 369. The van der Waals surface area contributed by atoms with Crippen LogP contribution in [0.4, 0.5) is 8.78 Å². The van der Waals surface area contributed by atoms with E-state index in [1.54, 1.807) is 13.1 Å². The normalized spacial score (nSPS) is 23.5. The Labute approximate surface area is 88.3 Å². The largest absolute Gasteiger partial charge is 0.292 e. The van der Waals surface area contributed by atoms with Crippen molar-refractivity contribution in [1.82, 2.24) is 9.78 Å². The minimum Gasteiger partial charge on any atom is -0.263 e. The number of aromatic nitrogens is 2. The van der Waals surface area contributed by atoms with Gasteiger partial charge in [-0.2, -0.15) is 13.9 Å². The van der Waals surface area contributed by atoms with Gasteiger partial charge < -0.3 is 0 Å². The van der Waals surface area contributed by atoms with E-state index < -0.39 is 11.8 Å². The Morgan fingerprint density at radius 3 is 2.87 bits per heavy atom. The van der Waals surface area contributed by atoms with Crippen LogP contribution < -0.4 is 0 Å². The molecule has 1 aromatic rings. The van der Waals surface area contributed by atoms with Crippen molar-refractivity contribution in [3.05, 3.63) is 17.5 Å². The van der Waals surface area contributed by atoms with Crippen LogP contribution in [0, 0.1) is 11.8 Å². The van der Waals surface area contributed by atoms with Crippen LogP contribution in [0.5, 0.6) is 0 Å². The molecule has 0 N–H and O–H groups in total. The van der Waals surface area contributed by atoms with Gasteiger partial charge in [0.2, 0.25) is 0 Å². The Hall–Kier alpha value is -0.930. The fourth-order valence-corrected chi connectivity index (χ4v) is 2.14. The predicted molar refractivity (Wildman–Crippen MR) is 53.8 cm³/mol. The summed E-state index contributed by atoms with van der Waals surface area (Å²) >= 11 is 0. The van der Waals surface area contributed by atoms with Crippen LogP contribution in [0.3, 0.4) is 0 Å². The van der Waals surface area contributed by atoms with E-state index in [0.29, 0.717) is 24.4 Å². The van der Waals surface area contributed by atoms with Gasteiger partial charge in [0.1, 0.15) is 5.69 Å². The van der Waals surface area contributed by atoms with Gasteiger partial charge in [-0.15, -0.1) is 0 Å². The molecule has 0 radical (unpaired) electrons. The second-order valence-corrected chi connectivity index (χ2v) is 4.82. The minimum absolute atomic E-state index is 0.142. The molecule has 0 saturated heterocycles. The van der Waals surface area contributed by atoms with Crippen molar-refractivity contribution in [2.24, 2.45) is 11.8 Å². The zero-order chi connectivity index (χ0) is 11.2. The number of hydrogen-bond donors (Lipinski definition) is 0. The highest BCUT2D eigenvalue weighted by Crippen LogP contribution is 2.45. The number of rotatable bonds is 2. The molecule has 1 aromatic heterocycles. The quantitative estimate of drug-likeness (QED) is 0.740. The van der Waals surface area contributed by atoms with Gasteiger partial charge in [0.15, 0.2) is 0 Å². The molecule has 1 aliphatic carbocycles. The van der Waals surface area contributed by atoms with E-state index >= 15 is 0 Å². The molecule has 0 aromatic carbocycles. The van der Waals surface area contributed by atoms with Crippen LogP contribution in [-0.2, 0) is 18.9 Å². The van der Waals surface area contributed by atoms with Crippen LogP contribution in [-0.4, -0.2) is 9.78 Å². The van der Waals surface area contributed by atoms with Crippen molar-refractivity contribution in [3.63, 3.8) is 0 Å². The lowest BCUT2D eigenvalue weighted by molar-refractivity contribution is -0.0533.